The van der Waals surface area contributed by atoms with Crippen LogP contribution >= 0.6 is 0 Å². The number of aryl methyl sites for hydroxylation is 1. The number of hydrogen-bond donors (Lipinski definition) is 1. The van der Waals surface area contributed by atoms with Gasteiger partial charge in [-0.05, 0) is 32.3 Å². The number of anilines is 1. The third kappa shape index (κ3) is 2.95. The fraction of sp³-hybridized carbons (Fsp3) is 0.750. The van der Waals surface area contributed by atoms with Gasteiger partial charge >= 0.3 is 0 Å². The van der Waals surface area contributed by atoms with Gasteiger partial charge in [-0.15, -0.1) is 0 Å². The van der Waals surface area contributed by atoms with Gasteiger partial charge in [0.15, 0.2) is 0 Å². The number of nitrogens with one attached hydrogen (secondary N) is 1. The summed E-state index contributed by atoms with van der Waals surface area (Å²) in [6.07, 6.45) is 1.36. The van der Waals surface area contributed by atoms with Crippen molar-refractivity contribution in [2.75, 3.05) is 11.9 Å². The van der Waals surface area contributed by atoms with Crippen molar-refractivity contribution in [1.82, 2.24) is 9.97 Å². The first-order valence-corrected chi connectivity index (χ1v) is 7.58. The summed E-state index contributed by atoms with van der Waals surface area (Å²) in [5.74, 6) is 1.17. The monoisotopic (exact) mass is 277 g/mol. The maximum Gasteiger partial charge on any atom is 0.223 e. The third-order valence-electron chi connectivity index (χ3n) is 4.31. The first kappa shape index (κ1) is 15.2. The topological polar surface area (TPSA) is 47.0 Å². The van der Waals surface area contributed by atoms with Gasteiger partial charge in [-0.25, -0.2) is 9.97 Å². The highest BCUT2D eigenvalue weighted by atomic mass is 16.5. The molecule has 20 heavy (non-hydrogen) atoms. The number of rotatable bonds is 5. The highest BCUT2D eigenvalue weighted by Crippen LogP contribution is 2.44. The second kappa shape index (κ2) is 5.68. The molecule has 0 aromatic carbocycles. The van der Waals surface area contributed by atoms with E-state index in [0.29, 0.717) is 18.1 Å². The van der Waals surface area contributed by atoms with Crippen molar-refractivity contribution in [2.45, 2.75) is 66.0 Å². The van der Waals surface area contributed by atoms with Gasteiger partial charge in [-0.3, -0.25) is 0 Å². The average Bonchev–Trinajstić information content (AvgIpc) is 2.37. The van der Waals surface area contributed by atoms with E-state index in [-0.39, 0.29) is 5.41 Å². The second-order valence-electron chi connectivity index (χ2n) is 6.61. The van der Waals surface area contributed by atoms with Crippen LogP contribution in [0.2, 0.25) is 0 Å². The summed E-state index contributed by atoms with van der Waals surface area (Å²) < 4.78 is 5.77. The highest BCUT2D eigenvalue weighted by molar-refractivity contribution is 5.33. The quantitative estimate of drug-likeness (QED) is 0.894. The molecule has 4 nitrogen and oxygen atoms in total. The predicted molar refractivity (Wildman–Crippen MR) is 82.1 cm³/mol. The van der Waals surface area contributed by atoms with Crippen LogP contribution in [0.3, 0.4) is 0 Å². The molecule has 1 heterocycles. The zero-order chi connectivity index (χ0) is 14.9. The van der Waals surface area contributed by atoms with E-state index in [1.807, 2.05) is 6.92 Å². The molecule has 0 aliphatic heterocycles. The molecule has 0 radical (unpaired) electrons. The molecular formula is C16H27N3O. The minimum absolute atomic E-state index is 0.126. The lowest BCUT2D eigenvalue weighted by molar-refractivity contribution is -0.0977. The smallest absolute Gasteiger partial charge is 0.223 e. The van der Waals surface area contributed by atoms with Crippen molar-refractivity contribution in [1.29, 1.82) is 0 Å². The predicted octanol–water partition coefficient (Wildman–Crippen LogP) is 3.52. The Labute approximate surface area is 122 Å². The summed E-state index contributed by atoms with van der Waals surface area (Å²) in [5.41, 5.74) is 2.24. The van der Waals surface area contributed by atoms with Gasteiger partial charge in [0.05, 0.1) is 6.10 Å². The Kier molecular flexibility index (Phi) is 4.33. The summed E-state index contributed by atoms with van der Waals surface area (Å²) in [5, 5.41) is 3.49. The lowest BCUT2D eigenvalue weighted by Gasteiger charge is -2.51. The lowest BCUT2D eigenvalue weighted by atomic mass is 9.64. The van der Waals surface area contributed by atoms with E-state index in [0.717, 1.165) is 30.4 Å². The molecule has 0 amide bonds. The first-order valence-electron chi connectivity index (χ1n) is 7.58. The van der Waals surface area contributed by atoms with E-state index in [2.05, 4.69) is 56.0 Å². The largest absolute Gasteiger partial charge is 0.378 e. The lowest BCUT2D eigenvalue weighted by Crippen LogP contribution is -2.58. The standard InChI is InChI=1S/C16H27N3O/c1-7-20-14-9-13(16(14,5)6)19-15-17-11(4)8-12(18-15)10(2)3/h8,10,13-14H,7,9H2,1-6H3,(H,17,18,19). The van der Waals surface area contributed by atoms with Crippen LogP contribution in [-0.4, -0.2) is 28.7 Å². The summed E-state index contributed by atoms with van der Waals surface area (Å²) in [6, 6.07) is 2.44. The van der Waals surface area contributed by atoms with E-state index in [1.54, 1.807) is 0 Å². The minimum Gasteiger partial charge on any atom is -0.378 e. The molecule has 2 unspecified atom stereocenters. The molecule has 112 valence electrons. The number of aromatic nitrogens is 2. The Balaban J connectivity index is 2.08. The zero-order valence-corrected chi connectivity index (χ0v) is 13.5. The molecule has 1 saturated carbocycles. The van der Waals surface area contributed by atoms with Crippen LogP contribution in [0.5, 0.6) is 0 Å². The molecule has 4 heteroatoms. The van der Waals surface area contributed by atoms with Crippen LogP contribution in [0.1, 0.15) is 58.3 Å². The maximum absolute atomic E-state index is 5.77. The summed E-state index contributed by atoms with van der Waals surface area (Å²) in [6.45, 7) is 13.7. The van der Waals surface area contributed by atoms with Crippen molar-refractivity contribution < 1.29 is 4.74 Å². The maximum atomic E-state index is 5.77. The van der Waals surface area contributed by atoms with Crippen LogP contribution in [0.15, 0.2) is 6.07 Å². The molecule has 1 fully saturated rings. The van der Waals surface area contributed by atoms with Crippen LogP contribution in [-0.2, 0) is 4.74 Å². The van der Waals surface area contributed by atoms with E-state index < -0.39 is 0 Å². The Morgan fingerprint density at radius 2 is 2.10 bits per heavy atom. The Morgan fingerprint density at radius 3 is 2.65 bits per heavy atom. The Hall–Kier alpha value is -1.16. The van der Waals surface area contributed by atoms with Crippen LogP contribution in [0.4, 0.5) is 5.95 Å². The number of nitrogens with zero attached hydrogens (tertiary/aromatic N) is 2. The molecule has 0 spiro atoms. The van der Waals surface area contributed by atoms with Crippen LogP contribution < -0.4 is 5.32 Å². The van der Waals surface area contributed by atoms with E-state index >= 15 is 0 Å². The van der Waals surface area contributed by atoms with Gasteiger partial charge in [0, 0.05) is 29.5 Å². The van der Waals surface area contributed by atoms with Crippen molar-refractivity contribution in [3.63, 3.8) is 0 Å². The van der Waals surface area contributed by atoms with Gasteiger partial charge in [-0.1, -0.05) is 27.7 Å². The summed E-state index contributed by atoms with van der Waals surface area (Å²) >= 11 is 0. The van der Waals surface area contributed by atoms with Gasteiger partial charge in [-0.2, -0.15) is 0 Å². The molecule has 2 rings (SSSR count). The first-order chi connectivity index (χ1) is 9.34. The zero-order valence-electron chi connectivity index (χ0n) is 13.5. The molecule has 2 atom stereocenters. The van der Waals surface area contributed by atoms with Gasteiger partial charge in [0.2, 0.25) is 5.95 Å². The van der Waals surface area contributed by atoms with Gasteiger partial charge in [0.25, 0.3) is 0 Å². The fourth-order valence-electron chi connectivity index (χ4n) is 2.72. The molecule has 0 saturated heterocycles. The van der Waals surface area contributed by atoms with Crippen LogP contribution in [0, 0.1) is 12.3 Å². The van der Waals surface area contributed by atoms with Crippen molar-refractivity contribution in [2.24, 2.45) is 5.41 Å². The molecule has 1 aromatic heterocycles. The van der Waals surface area contributed by atoms with Gasteiger partial charge < -0.3 is 10.1 Å². The third-order valence-corrected chi connectivity index (χ3v) is 4.31. The van der Waals surface area contributed by atoms with Crippen molar-refractivity contribution >= 4 is 5.95 Å². The minimum atomic E-state index is 0.126. The average molecular weight is 277 g/mol. The van der Waals surface area contributed by atoms with E-state index in [4.69, 9.17) is 4.74 Å². The normalized spacial score (nSPS) is 24.6. The fourth-order valence-corrected chi connectivity index (χ4v) is 2.72. The van der Waals surface area contributed by atoms with E-state index in [1.165, 1.54) is 0 Å². The highest BCUT2D eigenvalue weighted by Gasteiger charge is 2.49. The van der Waals surface area contributed by atoms with Crippen molar-refractivity contribution in [3.8, 4) is 0 Å². The molecular weight excluding hydrogens is 250 g/mol. The molecule has 1 aliphatic carbocycles. The Bertz CT molecular complexity index is 471. The molecule has 1 aliphatic rings. The summed E-state index contributed by atoms with van der Waals surface area (Å²) in [4.78, 5) is 9.14. The molecule has 1 N–H and O–H groups in total. The van der Waals surface area contributed by atoms with Crippen LogP contribution in [0.25, 0.3) is 0 Å². The molecule has 1 aromatic rings. The summed E-state index contributed by atoms with van der Waals surface area (Å²) in [7, 11) is 0. The Morgan fingerprint density at radius 1 is 1.40 bits per heavy atom. The van der Waals surface area contributed by atoms with E-state index in [9.17, 15) is 0 Å². The van der Waals surface area contributed by atoms with Crippen molar-refractivity contribution in [3.05, 3.63) is 17.5 Å². The SMILES string of the molecule is CCOC1CC(Nc2nc(C)cc(C(C)C)n2)C1(C)C. The molecule has 0 bridgehead atoms. The second-order valence-corrected chi connectivity index (χ2v) is 6.61. The number of hydrogen-bond acceptors (Lipinski definition) is 4. The number of ether oxygens (including phenoxy) is 1. The van der Waals surface area contributed by atoms with Gasteiger partial charge in [0.1, 0.15) is 0 Å².